The molecule has 0 N–H and O–H groups in total. The lowest BCUT2D eigenvalue weighted by molar-refractivity contribution is 0.313. The summed E-state index contributed by atoms with van der Waals surface area (Å²) in [6.07, 6.45) is 2.10. The number of hydrogen-bond donors (Lipinski definition) is 0. The number of anilines is 1. The first-order valence-corrected chi connectivity index (χ1v) is 9.20. The maximum absolute atomic E-state index is 9.31. The van der Waals surface area contributed by atoms with Crippen LogP contribution in [0.2, 0.25) is 0 Å². The molecule has 0 fully saturated rings. The Hall–Kier alpha value is -1.90. The van der Waals surface area contributed by atoms with E-state index in [1.165, 1.54) is 5.56 Å². The molecule has 1 aliphatic heterocycles. The second-order valence-electron chi connectivity index (χ2n) is 6.37. The Morgan fingerprint density at radius 2 is 2.20 bits per heavy atom. The van der Waals surface area contributed by atoms with Gasteiger partial charge in [0.1, 0.15) is 5.75 Å². The Balaban J connectivity index is 2.18. The average Bonchev–Trinajstić information content (AvgIpc) is 2.99. The van der Waals surface area contributed by atoms with Gasteiger partial charge < -0.3 is 14.2 Å². The largest absolute Gasteiger partial charge is 0.493 e. The molecule has 4 nitrogen and oxygen atoms in total. The summed E-state index contributed by atoms with van der Waals surface area (Å²) >= 11 is 6.25. The Bertz CT molecular complexity index is 806. The second-order valence-corrected chi connectivity index (χ2v) is 6.68. The molecule has 0 saturated carbocycles. The number of hydrogen-bond acceptors (Lipinski definition) is 4. The first-order valence-electron chi connectivity index (χ1n) is 8.66. The van der Waals surface area contributed by atoms with Crippen LogP contribution in [0.25, 0.3) is 10.8 Å². The molecule has 2 aromatic rings. The topological polar surface area (TPSA) is 45.5 Å². The third-order valence-electron chi connectivity index (χ3n) is 4.66. The highest BCUT2D eigenvalue weighted by Crippen LogP contribution is 2.45. The molecule has 0 aliphatic carbocycles. The van der Waals surface area contributed by atoms with Crippen LogP contribution in [0.3, 0.4) is 0 Å². The number of nitrogens with zero attached hydrogens (tertiary/aromatic N) is 2. The van der Waals surface area contributed by atoms with E-state index in [0.717, 1.165) is 41.6 Å². The number of ether oxygens (including phenoxy) is 1. The molecule has 0 saturated heterocycles. The summed E-state index contributed by atoms with van der Waals surface area (Å²) in [6.45, 7) is 3.65. The zero-order chi connectivity index (χ0) is 17.8. The third kappa shape index (κ3) is 3.42. The summed E-state index contributed by atoms with van der Waals surface area (Å²) in [5, 5.41) is 11.4. The van der Waals surface area contributed by atoms with Gasteiger partial charge in [-0.15, -0.1) is 11.6 Å². The van der Waals surface area contributed by atoms with Gasteiger partial charge in [-0.1, -0.05) is 13.3 Å². The van der Waals surface area contributed by atoms with E-state index >= 15 is 0 Å². The van der Waals surface area contributed by atoms with Gasteiger partial charge in [0.25, 0.3) is 0 Å². The number of alkyl halides is 1. The fourth-order valence-corrected chi connectivity index (χ4v) is 3.72. The quantitative estimate of drug-likeness (QED) is 0.428. The minimum Gasteiger partial charge on any atom is -0.493 e. The van der Waals surface area contributed by atoms with E-state index < -0.39 is 0 Å². The van der Waals surface area contributed by atoms with Crippen LogP contribution in [-0.4, -0.2) is 33.8 Å². The predicted octanol–water partition coefficient (Wildman–Crippen LogP) is 3.95. The molecule has 130 valence electrons. The summed E-state index contributed by atoms with van der Waals surface area (Å²) in [6, 6.07) is 10.1. The lowest BCUT2D eigenvalue weighted by atomic mass is 9.94. The molecule has 1 atom stereocenters. The highest BCUT2D eigenvalue weighted by Gasteiger charge is 2.31. The maximum Gasteiger partial charge on any atom is 0.396 e. The summed E-state index contributed by atoms with van der Waals surface area (Å²) in [5.74, 6) is 1.62. The van der Waals surface area contributed by atoms with Crippen molar-refractivity contribution in [3.8, 4) is 11.8 Å². The van der Waals surface area contributed by atoms with Crippen LogP contribution in [0.4, 0.5) is 5.69 Å². The van der Waals surface area contributed by atoms with E-state index in [1.807, 2.05) is 18.2 Å². The SMILES string of the molecule is CCCCOc1cc2c(c3cc(C#N)ccc13)C(CCl)CN2BOC. The summed E-state index contributed by atoms with van der Waals surface area (Å²) in [4.78, 5) is 2.19. The molecular formula is C19H22BClN2O2. The molecule has 1 heterocycles. The number of rotatable bonds is 7. The molecule has 0 aromatic heterocycles. The Morgan fingerprint density at radius 1 is 1.36 bits per heavy atom. The van der Waals surface area contributed by atoms with Crippen molar-refractivity contribution in [2.24, 2.45) is 0 Å². The molecule has 25 heavy (non-hydrogen) atoms. The van der Waals surface area contributed by atoms with Crippen molar-refractivity contribution in [1.29, 1.82) is 5.26 Å². The van der Waals surface area contributed by atoms with Gasteiger partial charge in [-0.2, -0.15) is 5.26 Å². The highest BCUT2D eigenvalue weighted by molar-refractivity contribution is 6.35. The van der Waals surface area contributed by atoms with E-state index in [2.05, 4.69) is 23.9 Å². The number of benzene rings is 2. The van der Waals surface area contributed by atoms with Crippen molar-refractivity contribution >= 4 is 35.7 Å². The maximum atomic E-state index is 9.31. The second kappa shape index (κ2) is 7.99. The Morgan fingerprint density at radius 3 is 2.88 bits per heavy atom. The van der Waals surface area contributed by atoms with Gasteiger partial charge in [-0.25, -0.2) is 0 Å². The zero-order valence-corrected chi connectivity index (χ0v) is 15.5. The van der Waals surface area contributed by atoms with Crippen LogP contribution in [0.15, 0.2) is 24.3 Å². The van der Waals surface area contributed by atoms with Crippen LogP contribution in [0, 0.1) is 11.3 Å². The normalized spacial score (nSPS) is 15.9. The third-order valence-corrected chi connectivity index (χ3v) is 5.04. The first kappa shape index (κ1) is 17.9. The smallest absolute Gasteiger partial charge is 0.396 e. The first-order chi connectivity index (χ1) is 12.2. The van der Waals surface area contributed by atoms with Gasteiger partial charge in [-0.05, 0) is 35.6 Å². The molecule has 2 aromatic carbocycles. The molecule has 3 rings (SSSR count). The van der Waals surface area contributed by atoms with Gasteiger partial charge in [0, 0.05) is 42.6 Å². The molecule has 6 heteroatoms. The standard InChI is InChI=1S/C19H22BClN2O2/c1-3-4-7-25-18-9-17-19(14(10-21)12-23(17)20-24-2)16-8-13(11-22)5-6-15(16)18/h5-6,8-9,14,20H,3-4,7,10,12H2,1-2H3. The van der Waals surface area contributed by atoms with Gasteiger partial charge in [-0.3, -0.25) is 0 Å². The van der Waals surface area contributed by atoms with Crippen molar-refractivity contribution < 1.29 is 9.39 Å². The Kier molecular flexibility index (Phi) is 5.72. The van der Waals surface area contributed by atoms with Crippen molar-refractivity contribution in [2.45, 2.75) is 25.7 Å². The molecule has 1 unspecified atom stereocenters. The number of unbranched alkanes of at least 4 members (excludes halogenated alkanes) is 1. The average molecular weight is 357 g/mol. The Labute approximate surface area is 154 Å². The van der Waals surface area contributed by atoms with E-state index in [9.17, 15) is 5.26 Å². The highest BCUT2D eigenvalue weighted by atomic mass is 35.5. The predicted molar refractivity (Wildman–Crippen MR) is 104 cm³/mol. The van der Waals surface area contributed by atoms with Gasteiger partial charge in [0.15, 0.2) is 0 Å². The van der Waals surface area contributed by atoms with Crippen molar-refractivity contribution in [3.05, 3.63) is 35.4 Å². The van der Waals surface area contributed by atoms with E-state index in [0.29, 0.717) is 25.7 Å². The van der Waals surface area contributed by atoms with Crippen LogP contribution < -0.4 is 9.55 Å². The van der Waals surface area contributed by atoms with E-state index in [4.69, 9.17) is 21.0 Å². The van der Waals surface area contributed by atoms with Crippen molar-refractivity contribution in [1.82, 2.24) is 0 Å². The van der Waals surface area contributed by atoms with Crippen LogP contribution in [-0.2, 0) is 4.65 Å². The summed E-state index contributed by atoms with van der Waals surface area (Å²) in [5.41, 5.74) is 2.95. The van der Waals surface area contributed by atoms with Gasteiger partial charge in [0.2, 0.25) is 0 Å². The van der Waals surface area contributed by atoms with Gasteiger partial charge in [0.05, 0.1) is 18.2 Å². The molecular weight excluding hydrogens is 334 g/mol. The van der Waals surface area contributed by atoms with Crippen LogP contribution in [0.5, 0.6) is 5.75 Å². The summed E-state index contributed by atoms with van der Waals surface area (Å²) in [7, 11) is 2.21. The monoisotopic (exact) mass is 356 g/mol. The molecule has 1 aliphatic rings. The minimum atomic E-state index is 0.216. The minimum absolute atomic E-state index is 0.216. The molecule has 0 spiro atoms. The van der Waals surface area contributed by atoms with Gasteiger partial charge >= 0.3 is 7.62 Å². The fraction of sp³-hybridized carbons (Fsp3) is 0.421. The molecule has 0 radical (unpaired) electrons. The summed E-state index contributed by atoms with van der Waals surface area (Å²) < 4.78 is 11.4. The van der Waals surface area contributed by atoms with E-state index in [-0.39, 0.29) is 5.92 Å². The molecule has 0 amide bonds. The van der Waals surface area contributed by atoms with Crippen LogP contribution >= 0.6 is 11.6 Å². The van der Waals surface area contributed by atoms with E-state index in [1.54, 1.807) is 7.11 Å². The number of fused-ring (bicyclic) bond motifs is 3. The van der Waals surface area contributed by atoms with Crippen molar-refractivity contribution in [2.75, 3.05) is 31.0 Å². The fourth-order valence-electron chi connectivity index (χ4n) is 3.47. The number of nitriles is 1. The lowest BCUT2D eigenvalue weighted by Gasteiger charge is -2.19. The van der Waals surface area contributed by atoms with Crippen LogP contribution in [0.1, 0.15) is 36.8 Å². The number of halogens is 1. The molecule has 0 bridgehead atoms. The lowest BCUT2D eigenvalue weighted by Crippen LogP contribution is -2.28. The zero-order valence-electron chi connectivity index (χ0n) is 14.7. The van der Waals surface area contributed by atoms with Crippen molar-refractivity contribution in [3.63, 3.8) is 0 Å².